The lowest BCUT2D eigenvalue weighted by atomic mass is 10.2. The maximum atomic E-state index is 13.1. The monoisotopic (exact) mass is 523 g/mol. The predicted octanol–water partition coefficient (Wildman–Crippen LogP) is 1.85. The van der Waals surface area contributed by atoms with Crippen LogP contribution < -0.4 is 30.2 Å². The molecule has 0 radical (unpaired) electrons. The van der Waals surface area contributed by atoms with Gasteiger partial charge in [-0.2, -0.15) is 0 Å². The first-order valence-corrected chi connectivity index (χ1v) is 13.3. The number of benzene rings is 2. The van der Waals surface area contributed by atoms with Crippen molar-refractivity contribution in [1.29, 1.82) is 0 Å². The Morgan fingerprint density at radius 3 is 2.29 bits per heavy atom. The topological polar surface area (TPSA) is 132 Å². The van der Waals surface area contributed by atoms with Gasteiger partial charge in [-0.15, -0.1) is 11.8 Å². The summed E-state index contributed by atoms with van der Waals surface area (Å²) in [6.07, 6.45) is 0. The molecule has 2 aromatic carbocycles. The van der Waals surface area contributed by atoms with Gasteiger partial charge in [0.1, 0.15) is 5.50 Å². The van der Waals surface area contributed by atoms with Crippen molar-refractivity contribution in [3.05, 3.63) is 41.5 Å². The Morgan fingerprint density at radius 1 is 1.09 bits per heavy atom. The number of hydrogen-bond donors (Lipinski definition) is 3. The van der Waals surface area contributed by atoms with Crippen molar-refractivity contribution in [2.45, 2.75) is 29.5 Å². The molecule has 2 aromatic rings. The molecule has 1 heterocycles. The van der Waals surface area contributed by atoms with Gasteiger partial charge in [0.15, 0.2) is 26.6 Å². The fourth-order valence-electron chi connectivity index (χ4n) is 3.71. The lowest BCUT2D eigenvalue weighted by Gasteiger charge is -2.30. The molecule has 0 bridgehead atoms. The van der Waals surface area contributed by atoms with Gasteiger partial charge in [-0.1, -0.05) is 17.7 Å². The van der Waals surface area contributed by atoms with Gasteiger partial charge < -0.3 is 24.8 Å². The van der Waals surface area contributed by atoms with E-state index in [0.717, 1.165) is 17.3 Å². The third-order valence-electron chi connectivity index (χ3n) is 5.40. The first kappa shape index (κ1) is 26.6. The molecule has 2 unspecified atom stereocenters. The molecule has 0 saturated carbocycles. The number of nitrogens with one attached hydrogen (secondary N) is 3. The Labute approximate surface area is 209 Å². The minimum Gasteiger partial charge on any atom is -0.493 e. The van der Waals surface area contributed by atoms with E-state index in [-0.39, 0.29) is 23.1 Å². The normalized spacial score (nSPS) is 17.9. The summed E-state index contributed by atoms with van der Waals surface area (Å²) in [5.74, 6) is 0.265. The van der Waals surface area contributed by atoms with E-state index >= 15 is 0 Å². The second-order valence-corrected chi connectivity index (χ2v) is 11.1. The standard InChI is InChI=1S/C23H29N3O7S2/c1-13-6-7-18(14(2)8-13)35(29,30)19-11-24-23(26-22(19)28)34-12-20(27)25-15-9-16(31-3)21(33-5)17(10-15)32-4/h6-10,19,23-24H,11-12H2,1-5H3,(H,25,27)(H,26,28). The molecule has 1 aliphatic heterocycles. The van der Waals surface area contributed by atoms with Crippen LogP contribution >= 0.6 is 11.8 Å². The molecule has 190 valence electrons. The highest BCUT2D eigenvalue weighted by molar-refractivity contribution is 8.00. The van der Waals surface area contributed by atoms with E-state index in [1.807, 2.05) is 6.92 Å². The molecule has 35 heavy (non-hydrogen) atoms. The Bertz CT molecular complexity index is 1190. The third-order valence-corrected chi connectivity index (χ3v) is 8.64. The number of carbonyl (C=O) groups is 2. The van der Waals surface area contributed by atoms with Crippen LogP contribution in [-0.2, 0) is 19.4 Å². The summed E-state index contributed by atoms with van der Waals surface area (Å²) in [4.78, 5) is 25.3. The SMILES string of the molecule is COc1cc(NC(=O)CSC2NCC(S(=O)(=O)c3ccc(C)cc3C)C(=O)N2)cc(OC)c1OC. The van der Waals surface area contributed by atoms with Gasteiger partial charge in [0.2, 0.25) is 17.6 Å². The van der Waals surface area contributed by atoms with Crippen LogP contribution in [0, 0.1) is 13.8 Å². The largest absolute Gasteiger partial charge is 0.493 e. The number of amides is 2. The molecule has 1 saturated heterocycles. The molecule has 0 aromatic heterocycles. The number of hydrogen-bond acceptors (Lipinski definition) is 9. The predicted molar refractivity (Wildman–Crippen MR) is 134 cm³/mol. The van der Waals surface area contributed by atoms with E-state index < -0.39 is 26.5 Å². The van der Waals surface area contributed by atoms with Crippen molar-refractivity contribution < 1.29 is 32.2 Å². The van der Waals surface area contributed by atoms with Crippen LogP contribution in [0.1, 0.15) is 11.1 Å². The van der Waals surface area contributed by atoms with E-state index in [0.29, 0.717) is 28.5 Å². The average Bonchev–Trinajstić information content (AvgIpc) is 2.81. The quantitative estimate of drug-likeness (QED) is 0.450. The minimum absolute atomic E-state index is 0.00307. The molecule has 0 spiro atoms. The Hall–Kier alpha value is -2.96. The number of rotatable bonds is 9. The van der Waals surface area contributed by atoms with Crippen LogP contribution in [0.25, 0.3) is 0 Å². The van der Waals surface area contributed by atoms with Crippen molar-refractivity contribution in [2.24, 2.45) is 0 Å². The van der Waals surface area contributed by atoms with E-state index in [9.17, 15) is 18.0 Å². The van der Waals surface area contributed by atoms with Gasteiger partial charge in [0, 0.05) is 24.4 Å². The molecular formula is C23H29N3O7S2. The minimum atomic E-state index is -3.87. The highest BCUT2D eigenvalue weighted by atomic mass is 32.2. The zero-order valence-electron chi connectivity index (χ0n) is 20.1. The molecule has 1 aliphatic rings. The molecule has 2 amide bonds. The van der Waals surface area contributed by atoms with Gasteiger partial charge in [-0.3, -0.25) is 14.9 Å². The van der Waals surface area contributed by atoms with Crippen LogP contribution in [0.4, 0.5) is 5.69 Å². The van der Waals surface area contributed by atoms with Gasteiger partial charge in [0.25, 0.3) is 0 Å². The van der Waals surface area contributed by atoms with Crippen LogP contribution in [0.15, 0.2) is 35.2 Å². The van der Waals surface area contributed by atoms with Crippen LogP contribution in [-0.4, -0.2) is 64.6 Å². The summed E-state index contributed by atoms with van der Waals surface area (Å²) < 4.78 is 41.9. The maximum Gasteiger partial charge on any atom is 0.241 e. The summed E-state index contributed by atoms with van der Waals surface area (Å²) >= 11 is 1.13. The van der Waals surface area contributed by atoms with Crippen molar-refractivity contribution >= 4 is 39.1 Å². The second-order valence-electron chi connectivity index (χ2n) is 7.87. The van der Waals surface area contributed by atoms with Gasteiger partial charge in [-0.25, -0.2) is 8.42 Å². The van der Waals surface area contributed by atoms with E-state index in [2.05, 4.69) is 16.0 Å². The lowest BCUT2D eigenvalue weighted by Crippen LogP contribution is -2.59. The number of carbonyl (C=O) groups excluding carboxylic acids is 2. The number of ether oxygens (including phenoxy) is 3. The number of sulfone groups is 1. The molecule has 10 nitrogen and oxygen atoms in total. The highest BCUT2D eigenvalue weighted by Crippen LogP contribution is 2.40. The third kappa shape index (κ3) is 6.00. The number of anilines is 1. The van der Waals surface area contributed by atoms with Crippen molar-refractivity contribution in [3.63, 3.8) is 0 Å². The highest BCUT2D eigenvalue weighted by Gasteiger charge is 2.39. The van der Waals surface area contributed by atoms with Crippen LogP contribution in [0.2, 0.25) is 0 Å². The number of thioether (sulfide) groups is 1. The zero-order valence-corrected chi connectivity index (χ0v) is 21.8. The molecule has 2 atom stereocenters. The zero-order chi connectivity index (χ0) is 25.8. The first-order chi connectivity index (χ1) is 16.6. The molecular weight excluding hydrogens is 494 g/mol. The smallest absolute Gasteiger partial charge is 0.241 e. The Kier molecular flexibility index (Phi) is 8.51. The van der Waals surface area contributed by atoms with Crippen molar-refractivity contribution in [2.75, 3.05) is 38.9 Å². The summed E-state index contributed by atoms with van der Waals surface area (Å²) in [5, 5.41) is 7.12. The van der Waals surface area contributed by atoms with Crippen LogP contribution in [0.5, 0.6) is 17.2 Å². The summed E-state index contributed by atoms with van der Waals surface area (Å²) in [6.45, 7) is 3.52. The van der Waals surface area contributed by atoms with Crippen LogP contribution in [0.3, 0.4) is 0 Å². The fourth-order valence-corrected chi connectivity index (χ4v) is 6.25. The Balaban J connectivity index is 1.59. The van der Waals surface area contributed by atoms with E-state index in [1.54, 1.807) is 31.2 Å². The summed E-state index contributed by atoms with van der Waals surface area (Å²) in [7, 11) is 0.566. The number of methoxy groups -OCH3 is 3. The molecule has 1 fully saturated rings. The number of aryl methyl sites for hydroxylation is 2. The molecule has 12 heteroatoms. The Morgan fingerprint density at radius 2 is 1.74 bits per heavy atom. The van der Waals surface area contributed by atoms with Gasteiger partial charge in [-0.05, 0) is 25.5 Å². The van der Waals surface area contributed by atoms with E-state index in [1.165, 1.54) is 27.4 Å². The summed E-state index contributed by atoms with van der Waals surface area (Å²) in [6, 6.07) is 8.22. The fraction of sp³-hybridized carbons (Fsp3) is 0.391. The first-order valence-electron chi connectivity index (χ1n) is 10.7. The molecule has 3 rings (SSSR count). The van der Waals surface area contributed by atoms with Crippen molar-refractivity contribution in [1.82, 2.24) is 10.6 Å². The van der Waals surface area contributed by atoms with Crippen molar-refractivity contribution in [3.8, 4) is 17.2 Å². The molecule has 3 N–H and O–H groups in total. The second kappa shape index (κ2) is 11.2. The van der Waals surface area contributed by atoms with Gasteiger partial charge >= 0.3 is 0 Å². The maximum absolute atomic E-state index is 13.1. The lowest BCUT2D eigenvalue weighted by molar-refractivity contribution is -0.122. The van der Waals surface area contributed by atoms with Gasteiger partial charge in [0.05, 0.1) is 32.0 Å². The van der Waals surface area contributed by atoms with E-state index in [4.69, 9.17) is 14.2 Å². The molecule has 0 aliphatic carbocycles. The summed E-state index contributed by atoms with van der Waals surface area (Å²) in [5.41, 5.74) is 1.37. The average molecular weight is 524 g/mol.